The number of para-hydroxylation sites is 1. The fourth-order valence-electron chi connectivity index (χ4n) is 2.70. The Kier molecular flexibility index (Phi) is 3.14. The number of fused-ring (bicyclic) bond motifs is 1. The molecule has 1 aromatic carbocycles. The topological polar surface area (TPSA) is 53.4 Å². The van der Waals surface area contributed by atoms with Crippen LogP contribution in [0.25, 0.3) is 0 Å². The molecule has 2 aromatic rings. The van der Waals surface area contributed by atoms with Crippen molar-refractivity contribution in [2.24, 2.45) is 0 Å². The quantitative estimate of drug-likeness (QED) is 0.909. The third-order valence-electron chi connectivity index (χ3n) is 3.69. The van der Waals surface area contributed by atoms with Gasteiger partial charge in [0.1, 0.15) is 5.82 Å². The molecule has 1 N–H and O–H groups in total. The molecule has 4 heteroatoms. The highest BCUT2D eigenvalue weighted by Gasteiger charge is 2.19. The number of carboxylic acid groups (broad SMARTS) is 1. The summed E-state index contributed by atoms with van der Waals surface area (Å²) in [5.74, 6) is -0.111. The van der Waals surface area contributed by atoms with E-state index < -0.39 is 5.97 Å². The van der Waals surface area contributed by atoms with Crippen molar-refractivity contribution in [2.75, 3.05) is 11.4 Å². The maximum absolute atomic E-state index is 11.1. The van der Waals surface area contributed by atoms with E-state index in [-0.39, 0.29) is 5.56 Å². The SMILES string of the molecule is Cc1nc(N2CCCc3ccccc32)ccc1C(=O)O. The Balaban J connectivity index is 2.03. The van der Waals surface area contributed by atoms with Crippen LogP contribution in [0.1, 0.15) is 28.0 Å². The van der Waals surface area contributed by atoms with Crippen molar-refractivity contribution in [3.63, 3.8) is 0 Å². The van der Waals surface area contributed by atoms with Gasteiger partial charge in [-0.25, -0.2) is 9.78 Å². The molecule has 0 bridgehead atoms. The number of aromatic carboxylic acids is 1. The van der Waals surface area contributed by atoms with Crippen molar-refractivity contribution in [2.45, 2.75) is 19.8 Å². The average molecular weight is 268 g/mol. The van der Waals surface area contributed by atoms with Gasteiger partial charge in [-0.05, 0) is 43.5 Å². The molecule has 102 valence electrons. The van der Waals surface area contributed by atoms with Gasteiger partial charge in [-0.3, -0.25) is 0 Å². The molecule has 0 saturated carbocycles. The minimum Gasteiger partial charge on any atom is -0.478 e. The van der Waals surface area contributed by atoms with Crippen LogP contribution in [0.15, 0.2) is 36.4 Å². The maximum Gasteiger partial charge on any atom is 0.337 e. The molecule has 0 amide bonds. The molecule has 1 aromatic heterocycles. The Hall–Kier alpha value is -2.36. The minimum absolute atomic E-state index is 0.263. The van der Waals surface area contributed by atoms with Gasteiger partial charge in [0.25, 0.3) is 0 Å². The Morgan fingerprint density at radius 1 is 1.25 bits per heavy atom. The van der Waals surface area contributed by atoms with Crippen LogP contribution in [0.2, 0.25) is 0 Å². The van der Waals surface area contributed by atoms with Crippen LogP contribution in [0.5, 0.6) is 0 Å². The van der Waals surface area contributed by atoms with Crippen LogP contribution in [-0.2, 0) is 6.42 Å². The van der Waals surface area contributed by atoms with E-state index in [0.29, 0.717) is 5.69 Å². The first kappa shape index (κ1) is 12.7. The first-order valence-corrected chi connectivity index (χ1v) is 6.73. The van der Waals surface area contributed by atoms with E-state index in [1.54, 1.807) is 19.1 Å². The summed E-state index contributed by atoms with van der Waals surface area (Å²) < 4.78 is 0. The number of carbonyl (C=O) groups is 1. The third kappa shape index (κ3) is 2.13. The number of aromatic nitrogens is 1. The van der Waals surface area contributed by atoms with Crippen molar-refractivity contribution in [1.82, 2.24) is 4.98 Å². The number of anilines is 2. The van der Waals surface area contributed by atoms with Gasteiger partial charge in [0.05, 0.1) is 11.3 Å². The molecule has 0 fully saturated rings. The van der Waals surface area contributed by atoms with Gasteiger partial charge >= 0.3 is 5.97 Å². The summed E-state index contributed by atoms with van der Waals surface area (Å²) in [5, 5.41) is 9.07. The van der Waals surface area contributed by atoms with Crippen molar-refractivity contribution in [3.8, 4) is 0 Å². The smallest absolute Gasteiger partial charge is 0.337 e. The van der Waals surface area contributed by atoms with E-state index in [2.05, 4.69) is 28.1 Å². The lowest BCUT2D eigenvalue weighted by atomic mass is 10.0. The number of benzene rings is 1. The minimum atomic E-state index is -0.930. The largest absolute Gasteiger partial charge is 0.478 e. The summed E-state index contributed by atoms with van der Waals surface area (Å²) in [5.41, 5.74) is 3.31. The van der Waals surface area contributed by atoms with Crippen LogP contribution < -0.4 is 4.90 Å². The lowest BCUT2D eigenvalue weighted by Gasteiger charge is -2.30. The van der Waals surface area contributed by atoms with E-state index in [4.69, 9.17) is 5.11 Å². The highest BCUT2D eigenvalue weighted by Crippen LogP contribution is 2.32. The van der Waals surface area contributed by atoms with E-state index in [0.717, 1.165) is 25.2 Å². The summed E-state index contributed by atoms with van der Waals surface area (Å²) in [6.45, 7) is 2.65. The Bertz CT molecular complexity index is 667. The average Bonchev–Trinajstić information content (AvgIpc) is 2.46. The predicted octanol–water partition coefficient (Wildman–Crippen LogP) is 3.17. The summed E-state index contributed by atoms with van der Waals surface area (Å²) in [7, 11) is 0. The summed E-state index contributed by atoms with van der Waals surface area (Å²) >= 11 is 0. The van der Waals surface area contributed by atoms with Gasteiger partial charge in [0, 0.05) is 12.2 Å². The normalized spacial score (nSPS) is 13.9. The summed E-state index contributed by atoms with van der Waals surface area (Å²) in [4.78, 5) is 17.7. The molecular weight excluding hydrogens is 252 g/mol. The monoisotopic (exact) mass is 268 g/mol. The molecule has 0 aliphatic carbocycles. The second kappa shape index (κ2) is 4.96. The van der Waals surface area contributed by atoms with Gasteiger partial charge in [-0.2, -0.15) is 0 Å². The zero-order valence-corrected chi connectivity index (χ0v) is 11.3. The molecule has 0 spiro atoms. The number of hydrogen-bond acceptors (Lipinski definition) is 3. The molecule has 0 saturated heterocycles. The number of nitrogens with zero attached hydrogens (tertiary/aromatic N) is 2. The van der Waals surface area contributed by atoms with Gasteiger partial charge in [0.2, 0.25) is 0 Å². The second-order valence-electron chi connectivity index (χ2n) is 4.99. The Morgan fingerprint density at radius 2 is 2.05 bits per heavy atom. The summed E-state index contributed by atoms with van der Waals surface area (Å²) in [6.07, 6.45) is 2.16. The standard InChI is InChI=1S/C16H16N2O2/c1-11-13(16(19)20)8-9-15(17-11)18-10-4-6-12-5-2-3-7-14(12)18/h2-3,5,7-9H,4,6,10H2,1H3,(H,19,20). The first-order valence-electron chi connectivity index (χ1n) is 6.73. The fraction of sp³-hybridized carbons (Fsp3) is 0.250. The van der Waals surface area contributed by atoms with Crippen LogP contribution in [0.3, 0.4) is 0 Å². The Morgan fingerprint density at radius 3 is 2.80 bits per heavy atom. The molecule has 4 nitrogen and oxygen atoms in total. The number of carboxylic acids is 1. The number of hydrogen-bond donors (Lipinski definition) is 1. The maximum atomic E-state index is 11.1. The van der Waals surface area contributed by atoms with Gasteiger partial charge in [-0.15, -0.1) is 0 Å². The molecule has 20 heavy (non-hydrogen) atoms. The van der Waals surface area contributed by atoms with Crippen molar-refractivity contribution in [3.05, 3.63) is 53.2 Å². The highest BCUT2D eigenvalue weighted by atomic mass is 16.4. The molecule has 0 atom stereocenters. The van der Waals surface area contributed by atoms with Gasteiger partial charge in [-0.1, -0.05) is 18.2 Å². The van der Waals surface area contributed by atoms with E-state index in [1.165, 1.54) is 11.3 Å². The lowest BCUT2D eigenvalue weighted by molar-refractivity contribution is 0.0695. The fourth-order valence-corrected chi connectivity index (χ4v) is 2.70. The molecule has 3 rings (SSSR count). The number of pyridine rings is 1. The van der Waals surface area contributed by atoms with Crippen molar-refractivity contribution < 1.29 is 9.90 Å². The van der Waals surface area contributed by atoms with Crippen LogP contribution in [0.4, 0.5) is 11.5 Å². The Labute approximate surface area is 117 Å². The van der Waals surface area contributed by atoms with Gasteiger partial charge < -0.3 is 10.0 Å². The van der Waals surface area contributed by atoms with E-state index >= 15 is 0 Å². The molecular formula is C16H16N2O2. The van der Waals surface area contributed by atoms with Crippen LogP contribution in [-0.4, -0.2) is 22.6 Å². The summed E-state index contributed by atoms with van der Waals surface area (Å²) in [6, 6.07) is 11.7. The number of aryl methyl sites for hydroxylation is 2. The second-order valence-corrected chi connectivity index (χ2v) is 4.99. The molecule has 1 aliphatic heterocycles. The van der Waals surface area contributed by atoms with E-state index in [1.807, 2.05) is 6.07 Å². The van der Waals surface area contributed by atoms with E-state index in [9.17, 15) is 4.79 Å². The molecule has 1 aliphatic rings. The molecule has 0 radical (unpaired) electrons. The molecule has 2 heterocycles. The zero-order chi connectivity index (χ0) is 14.1. The zero-order valence-electron chi connectivity index (χ0n) is 11.3. The van der Waals surface area contributed by atoms with Crippen molar-refractivity contribution >= 4 is 17.5 Å². The van der Waals surface area contributed by atoms with Crippen LogP contribution in [0, 0.1) is 6.92 Å². The van der Waals surface area contributed by atoms with Crippen molar-refractivity contribution in [1.29, 1.82) is 0 Å². The van der Waals surface area contributed by atoms with Gasteiger partial charge in [0.15, 0.2) is 0 Å². The third-order valence-corrected chi connectivity index (χ3v) is 3.69. The highest BCUT2D eigenvalue weighted by molar-refractivity contribution is 5.89. The molecule has 0 unspecified atom stereocenters. The number of rotatable bonds is 2. The van der Waals surface area contributed by atoms with Crippen LogP contribution >= 0.6 is 0 Å². The lowest BCUT2D eigenvalue weighted by Crippen LogP contribution is -2.25. The first-order chi connectivity index (χ1) is 9.66. The predicted molar refractivity (Wildman–Crippen MR) is 77.7 cm³/mol.